The molecule has 0 saturated heterocycles. The van der Waals surface area contributed by atoms with E-state index in [1.165, 1.54) is 96.3 Å². The first-order valence-electron chi connectivity index (χ1n) is 25.9. The van der Waals surface area contributed by atoms with Crippen molar-refractivity contribution in [3.05, 3.63) is 72.9 Å². The summed E-state index contributed by atoms with van der Waals surface area (Å²) >= 11 is 0. The molecular weight excluding hydrogens is 769 g/mol. The van der Waals surface area contributed by atoms with Gasteiger partial charge in [0.15, 0.2) is 6.10 Å². The first-order valence-corrected chi connectivity index (χ1v) is 25.9. The van der Waals surface area contributed by atoms with Gasteiger partial charge in [0.1, 0.15) is 13.2 Å². The first-order chi connectivity index (χ1) is 30.5. The highest BCUT2D eigenvalue weighted by Gasteiger charge is 2.19. The Bertz CT molecular complexity index is 1180. The van der Waals surface area contributed by atoms with Crippen molar-refractivity contribution in [2.24, 2.45) is 0 Å². The molecule has 0 aromatic rings. The monoisotopic (exact) mass is 865 g/mol. The van der Waals surface area contributed by atoms with Gasteiger partial charge in [-0.3, -0.25) is 14.4 Å². The molecule has 6 heteroatoms. The summed E-state index contributed by atoms with van der Waals surface area (Å²) in [6, 6.07) is 0. The Morgan fingerprint density at radius 3 is 1.02 bits per heavy atom. The molecule has 0 heterocycles. The molecule has 0 aromatic heterocycles. The summed E-state index contributed by atoms with van der Waals surface area (Å²) < 4.78 is 16.7. The summed E-state index contributed by atoms with van der Waals surface area (Å²) in [5.41, 5.74) is 0. The number of rotatable bonds is 46. The Kier molecular flexibility index (Phi) is 47.9. The highest BCUT2D eigenvalue weighted by molar-refractivity contribution is 5.71. The van der Waals surface area contributed by atoms with E-state index < -0.39 is 6.10 Å². The highest BCUT2D eigenvalue weighted by Crippen LogP contribution is 2.14. The molecule has 0 rings (SSSR count). The van der Waals surface area contributed by atoms with Gasteiger partial charge in [0, 0.05) is 19.3 Å². The third-order valence-corrected chi connectivity index (χ3v) is 10.9. The predicted molar refractivity (Wildman–Crippen MR) is 265 cm³/mol. The summed E-state index contributed by atoms with van der Waals surface area (Å²) in [4.78, 5) is 37.7. The van der Waals surface area contributed by atoms with E-state index in [1.807, 2.05) is 0 Å². The van der Waals surface area contributed by atoms with Crippen LogP contribution < -0.4 is 0 Å². The van der Waals surface area contributed by atoms with Crippen LogP contribution in [-0.2, 0) is 28.6 Å². The molecule has 0 N–H and O–H groups in total. The lowest BCUT2D eigenvalue weighted by Gasteiger charge is -2.18. The van der Waals surface area contributed by atoms with Crippen molar-refractivity contribution in [2.75, 3.05) is 13.2 Å². The molecule has 0 aliphatic carbocycles. The number of unbranched alkanes of at least 4 members (excludes halogenated alkanes) is 23. The van der Waals surface area contributed by atoms with E-state index >= 15 is 0 Å². The van der Waals surface area contributed by atoms with Crippen molar-refractivity contribution >= 4 is 17.9 Å². The fourth-order valence-electron chi connectivity index (χ4n) is 7.05. The van der Waals surface area contributed by atoms with E-state index in [0.717, 1.165) is 109 Å². The van der Waals surface area contributed by atoms with Gasteiger partial charge in [-0.25, -0.2) is 0 Å². The molecule has 356 valence electrons. The summed E-state index contributed by atoms with van der Waals surface area (Å²) in [6.07, 6.45) is 63.4. The predicted octanol–water partition coefficient (Wildman–Crippen LogP) is 17.0. The summed E-state index contributed by atoms with van der Waals surface area (Å²) in [5, 5.41) is 0. The average Bonchev–Trinajstić information content (AvgIpc) is 3.27. The van der Waals surface area contributed by atoms with Crippen molar-refractivity contribution < 1.29 is 28.6 Å². The van der Waals surface area contributed by atoms with Gasteiger partial charge in [-0.05, 0) is 89.9 Å². The number of allylic oxidation sites excluding steroid dienone is 12. The fraction of sp³-hybridized carbons (Fsp3) is 0.732. The quantitative estimate of drug-likeness (QED) is 0.0262. The minimum Gasteiger partial charge on any atom is -0.462 e. The maximum absolute atomic E-state index is 12.7. The van der Waals surface area contributed by atoms with Gasteiger partial charge in [0.25, 0.3) is 0 Å². The van der Waals surface area contributed by atoms with Crippen molar-refractivity contribution in [3.63, 3.8) is 0 Å². The minimum atomic E-state index is -0.777. The minimum absolute atomic E-state index is 0.0802. The molecule has 1 unspecified atom stereocenters. The van der Waals surface area contributed by atoms with Crippen LogP contribution >= 0.6 is 0 Å². The van der Waals surface area contributed by atoms with Gasteiger partial charge in [-0.2, -0.15) is 0 Å². The zero-order valence-corrected chi connectivity index (χ0v) is 40.6. The molecule has 0 aliphatic rings. The van der Waals surface area contributed by atoms with E-state index in [-0.39, 0.29) is 31.1 Å². The number of carbonyl (C=O) groups is 3. The number of hydrogen-bond donors (Lipinski definition) is 0. The maximum atomic E-state index is 12.7. The normalized spacial score (nSPS) is 12.6. The van der Waals surface area contributed by atoms with Gasteiger partial charge in [0.05, 0.1) is 0 Å². The maximum Gasteiger partial charge on any atom is 0.306 e. The first kappa shape index (κ1) is 58.9. The second-order valence-electron chi connectivity index (χ2n) is 17.1. The lowest BCUT2D eigenvalue weighted by molar-refractivity contribution is -0.167. The molecule has 1 atom stereocenters. The number of ether oxygens (including phenoxy) is 3. The van der Waals surface area contributed by atoms with Crippen LogP contribution in [0.15, 0.2) is 72.9 Å². The number of carbonyl (C=O) groups excluding carboxylic acids is 3. The molecule has 0 spiro atoms. The fourth-order valence-corrected chi connectivity index (χ4v) is 7.05. The average molecular weight is 865 g/mol. The molecule has 0 aromatic carbocycles. The second-order valence-corrected chi connectivity index (χ2v) is 17.1. The molecular formula is C56H96O6. The number of hydrogen-bond acceptors (Lipinski definition) is 6. The van der Waals surface area contributed by atoms with Gasteiger partial charge in [-0.1, -0.05) is 209 Å². The molecule has 62 heavy (non-hydrogen) atoms. The van der Waals surface area contributed by atoms with Crippen LogP contribution in [0.25, 0.3) is 0 Å². The lowest BCUT2D eigenvalue weighted by Crippen LogP contribution is -2.30. The Balaban J connectivity index is 4.16. The largest absolute Gasteiger partial charge is 0.462 e. The summed E-state index contributed by atoms with van der Waals surface area (Å²) in [7, 11) is 0. The third kappa shape index (κ3) is 47.9. The van der Waals surface area contributed by atoms with Crippen LogP contribution in [0.4, 0.5) is 0 Å². The molecule has 0 radical (unpaired) electrons. The van der Waals surface area contributed by atoms with E-state index in [9.17, 15) is 14.4 Å². The van der Waals surface area contributed by atoms with E-state index in [0.29, 0.717) is 19.3 Å². The van der Waals surface area contributed by atoms with Crippen LogP contribution in [0.3, 0.4) is 0 Å². The molecule has 0 bridgehead atoms. The third-order valence-electron chi connectivity index (χ3n) is 10.9. The van der Waals surface area contributed by atoms with Crippen molar-refractivity contribution in [1.82, 2.24) is 0 Å². The zero-order valence-electron chi connectivity index (χ0n) is 40.6. The number of esters is 3. The van der Waals surface area contributed by atoms with E-state index in [1.54, 1.807) is 0 Å². The topological polar surface area (TPSA) is 78.9 Å². The van der Waals surface area contributed by atoms with Gasteiger partial charge < -0.3 is 14.2 Å². The Hall–Kier alpha value is -3.15. The van der Waals surface area contributed by atoms with Crippen LogP contribution in [-0.4, -0.2) is 37.2 Å². The van der Waals surface area contributed by atoms with Crippen molar-refractivity contribution in [1.29, 1.82) is 0 Å². The highest BCUT2D eigenvalue weighted by atomic mass is 16.6. The Morgan fingerprint density at radius 2 is 0.629 bits per heavy atom. The SMILES string of the molecule is CC/C=C\C/C=C\C/C=C\C/C=C\C/C=C\CCCCCCCCCCCC(=O)OCC(COC(=O)CCCCCCCC)OC(=O)CCCCCCC/C=C\CCCCCC. The second kappa shape index (κ2) is 50.5. The summed E-state index contributed by atoms with van der Waals surface area (Å²) in [6.45, 7) is 6.43. The van der Waals surface area contributed by atoms with Crippen molar-refractivity contribution in [3.8, 4) is 0 Å². The molecule has 0 fully saturated rings. The van der Waals surface area contributed by atoms with E-state index in [2.05, 4.69) is 93.7 Å². The lowest BCUT2D eigenvalue weighted by atomic mass is 10.1. The van der Waals surface area contributed by atoms with Crippen LogP contribution in [0.2, 0.25) is 0 Å². The van der Waals surface area contributed by atoms with Crippen LogP contribution in [0.5, 0.6) is 0 Å². The Morgan fingerprint density at radius 1 is 0.339 bits per heavy atom. The van der Waals surface area contributed by atoms with E-state index in [4.69, 9.17) is 14.2 Å². The smallest absolute Gasteiger partial charge is 0.306 e. The standard InChI is InChI=1S/C56H96O6/c1-4-7-10-13-16-18-20-22-23-24-25-26-27-28-29-30-31-32-33-35-36-38-40-43-46-49-55(58)61-52-53(51-60-54(57)48-45-42-15-12-9-6-3)62-56(59)50-47-44-41-39-37-34-21-19-17-14-11-8-5-2/h7,10,16,18-19,21-23,25-26,28-29,53H,4-6,8-9,11-15,17,20,24,27,30-52H2,1-3H3/b10-7-,18-16-,21-19-,23-22-,26-25-,29-28-. The summed E-state index contributed by atoms with van der Waals surface area (Å²) in [5.74, 6) is -0.904. The molecule has 0 amide bonds. The molecule has 0 aliphatic heterocycles. The van der Waals surface area contributed by atoms with Crippen molar-refractivity contribution in [2.45, 2.75) is 252 Å². The Labute approximate surface area is 382 Å². The molecule has 6 nitrogen and oxygen atoms in total. The zero-order chi connectivity index (χ0) is 45.1. The van der Waals surface area contributed by atoms with Gasteiger partial charge >= 0.3 is 17.9 Å². The van der Waals surface area contributed by atoms with Crippen LogP contribution in [0.1, 0.15) is 245 Å². The molecule has 0 saturated carbocycles. The van der Waals surface area contributed by atoms with Gasteiger partial charge in [-0.15, -0.1) is 0 Å². The van der Waals surface area contributed by atoms with Gasteiger partial charge in [0.2, 0.25) is 0 Å². The van der Waals surface area contributed by atoms with Crippen LogP contribution in [0, 0.1) is 0 Å².